The second-order valence-electron chi connectivity index (χ2n) is 2.42. The molecule has 1 aromatic carbocycles. The summed E-state index contributed by atoms with van der Waals surface area (Å²) >= 11 is 5.60. The van der Waals surface area contributed by atoms with Crippen molar-refractivity contribution < 1.29 is 14.5 Å². The standard InChI is InChI=1S/C8H6ClNO4/c1-14-8-3-5(9)2-7(10(12)13)6(8)4-11/h2-4H,1H3. The van der Waals surface area contributed by atoms with E-state index in [0.29, 0.717) is 6.29 Å². The highest BCUT2D eigenvalue weighted by Gasteiger charge is 2.19. The molecular formula is C8H6ClNO4. The van der Waals surface area contributed by atoms with Crippen LogP contribution in [0.3, 0.4) is 0 Å². The maximum absolute atomic E-state index is 10.6. The molecule has 0 aromatic heterocycles. The number of methoxy groups -OCH3 is 1. The molecule has 0 aliphatic heterocycles. The minimum absolute atomic E-state index is 0.0965. The molecule has 0 spiro atoms. The highest BCUT2D eigenvalue weighted by molar-refractivity contribution is 6.31. The van der Waals surface area contributed by atoms with Gasteiger partial charge in [-0.3, -0.25) is 14.9 Å². The van der Waals surface area contributed by atoms with Crippen LogP contribution in [0.1, 0.15) is 10.4 Å². The summed E-state index contributed by atoms with van der Waals surface area (Å²) in [5, 5.41) is 10.7. The molecule has 1 aromatic rings. The van der Waals surface area contributed by atoms with Gasteiger partial charge in [-0.2, -0.15) is 0 Å². The van der Waals surface area contributed by atoms with E-state index in [2.05, 4.69) is 0 Å². The summed E-state index contributed by atoms with van der Waals surface area (Å²) in [5.41, 5.74) is -0.466. The topological polar surface area (TPSA) is 69.4 Å². The summed E-state index contributed by atoms with van der Waals surface area (Å²) < 4.78 is 4.79. The third-order valence-corrected chi connectivity index (χ3v) is 1.84. The molecule has 0 bridgehead atoms. The van der Waals surface area contributed by atoms with Gasteiger partial charge in [-0.15, -0.1) is 0 Å². The zero-order valence-electron chi connectivity index (χ0n) is 7.19. The smallest absolute Gasteiger partial charge is 0.285 e. The molecule has 74 valence electrons. The van der Waals surface area contributed by atoms with Crippen LogP contribution in [0.15, 0.2) is 12.1 Å². The minimum atomic E-state index is -0.682. The van der Waals surface area contributed by atoms with E-state index in [1.165, 1.54) is 13.2 Å². The number of nitro groups is 1. The molecular weight excluding hydrogens is 210 g/mol. The van der Waals surface area contributed by atoms with Gasteiger partial charge in [0.2, 0.25) is 0 Å². The minimum Gasteiger partial charge on any atom is -0.496 e. The van der Waals surface area contributed by atoms with Crippen LogP contribution in [-0.4, -0.2) is 18.3 Å². The van der Waals surface area contributed by atoms with Crippen molar-refractivity contribution in [1.82, 2.24) is 0 Å². The van der Waals surface area contributed by atoms with Gasteiger partial charge in [-0.1, -0.05) is 11.6 Å². The van der Waals surface area contributed by atoms with Crippen molar-refractivity contribution in [2.24, 2.45) is 0 Å². The van der Waals surface area contributed by atoms with E-state index in [0.717, 1.165) is 6.07 Å². The van der Waals surface area contributed by atoms with E-state index in [1.807, 2.05) is 0 Å². The molecule has 0 heterocycles. The second kappa shape index (κ2) is 4.06. The van der Waals surface area contributed by atoms with Crippen LogP contribution in [0.5, 0.6) is 5.75 Å². The maximum Gasteiger partial charge on any atom is 0.285 e. The van der Waals surface area contributed by atoms with E-state index in [9.17, 15) is 14.9 Å². The lowest BCUT2D eigenvalue weighted by Crippen LogP contribution is -1.98. The Hall–Kier alpha value is -1.62. The molecule has 0 fully saturated rings. The number of aldehydes is 1. The van der Waals surface area contributed by atoms with E-state index in [4.69, 9.17) is 16.3 Å². The van der Waals surface area contributed by atoms with Crippen molar-refractivity contribution >= 4 is 23.6 Å². The highest BCUT2D eigenvalue weighted by atomic mass is 35.5. The Balaban J connectivity index is 3.46. The molecule has 14 heavy (non-hydrogen) atoms. The summed E-state index contributed by atoms with van der Waals surface area (Å²) in [6, 6.07) is 2.45. The van der Waals surface area contributed by atoms with Crippen molar-refractivity contribution in [3.63, 3.8) is 0 Å². The van der Waals surface area contributed by atoms with Gasteiger partial charge in [0.15, 0.2) is 6.29 Å². The fraction of sp³-hybridized carbons (Fsp3) is 0.125. The van der Waals surface area contributed by atoms with Crippen molar-refractivity contribution in [1.29, 1.82) is 0 Å². The SMILES string of the molecule is COc1cc(Cl)cc([N+](=O)[O-])c1C=O. The first-order valence-electron chi connectivity index (χ1n) is 3.57. The van der Waals surface area contributed by atoms with Gasteiger partial charge in [0.1, 0.15) is 11.3 Å². The van der Waals surface area contributed by atoms with Gasteiger partial charge in [0, 0.05) is 6.07 Å². The Labute approximate surface area is 84.4 Å². The van der Waals surface area contributed by atoms with Crippen molar-refractivity contribution in [2.75, 3.05) is 7.11 Å². The summed E-state index contributed by atoms with van der Waals surface area (Å²) in [7, 11) is 1.31. The molecule has 0 amide bonds. The van der Waals surface area contributed by atoms with E-state index in [-0.39, 0.29) is 22.0 Å². The molecule has 0 N–H and O–H groups in total. The van der Waals surface area contributed by atoms with Crippen molar-refractivity contribution in [2.45, 2.75) is 0 Å². The number of ether oxygens (including phenoxy) is 1. The van der Waals surface area contributed by atoms with Crippen LogP contribution in [0, 0.1) is 10.1 Å². The van der Waals surface area contributed by atoms with Crippen LogP contribution in [0.2, 0.25) is 5.02 Å². The van der Waals surface area contributed by atoms with Crippen LogP contribution < -0.4 is 4.74 Å². The van der Waals surface area contributed by atoms with Gasteiger partial charge >= 0.3 is 0 Å². The van der Waals surface area contributed by atoms with Gasteiger partial charge < -0.3 is 4.74 Å². The summed E-state index contributed by atoms with van der Waals surface area (Å²) in [4.78, 5) is 20.4. The number of hydrogen-bond donors (Lipinski definition) is 0. The zero-order valence-corrected chi connectivity index (χ0v) is 7.95. The third kappa shape index (κ3) is 1.82. The molecule has 6 heteroatoms. The summed E-state index contributed by atoms with van der Waals surface area (Å²) in [6.07, 6.45) is 0.368. The van der Waals surface area contributed by atoms with Gasteiger partial charge in [0.05, 0.1) is 17.1 Å². The van der Waals surface area contributed by atoms with Crippen molar-refractivity contribution in [3.8, 4) is 5.75 Å². The van der Waals surface area contributed by atoms with Crippen LogP contribution in [0.4, 0.5) is 5.69 Å². The molecule has 5 nitrogen and oxygen atoms in total. The van der Waals surface area contributed by atoms with Crippen LogP contribution in [-0.2, 0) is 0 Å². The lowest BCUT2D eigenvalue weighted by Gasteiger charge is -2.04. The van der Waals surface area contributed by atoms with E-state index >= 15 is 0 Å². The van der Waals surface area contributed by atoms with Gasteiger partial charge in [0.25, 0.3) is 5.69 Å². The quantitative estimate of drug-likeness (QED) is 0.440. The van der Waals surface area contributed by atoms with Gasteiger partial charge in [-0.05, 0) is 6.07 Å². The first-order valence-corrected chi connectivity index (χ1v) is 3.95. The molecule has 0 unspecified atom stereocenters. The average Bonchev–Trinajstić information content (AvgIpc) is 2.16. The Kier molecular flexibility index (Phi) is 3.03. The van der Waals surface area contributed by atoms with E-state index < -0.39 is 4.92 Å². The maximum atomic E-state index is 10.6. The molecule has 0 aliphatic carbocycles. The normalized spacial score (nSPS) is 9.57. The predicted octanol–water partition coefficient (Wildman–Crippen LogP) is 2.07. The lowest BCUT2D eigenvalue weighted by atomic mass is 10.2. The second-order valence-corrected chi connectivity index (χ2v) is 2.85. The Morgan fingerprint density at radius 2 is 2.21 bits per heavy atom. The molecule has 1 rings (SSSR count). The number of rotatable bonds is 3. The number of halogens is 1. The summed E-state index contributed by atoms with van der Waals surface area (Å²) in [5.74, 6) is 0.0965. The van der Waals surface area contributed by atoms with Crippen LogP contribution >= 0.6 is 11.6 Å². The number of nitrogens with zero attached hydrogens (tertiary/aromatic N) is 1. The van der Waals surface area contributed by atoms with E-state index in [1.54, 1.807) is 0 Å². The average molecular weight is 216 g/mol. The first-order chi connectivity index (χ1) is 6.60. The number of carbonyl (C=O) groups excluding carboxylic acids is 1. The highest BCUT2D eigenvalue weighted by Crippen LogP contribution is 2.30. The number of benzene rings is 1. The zero-order chi connectivity index (χ0) is 10.7. The number of carbonyl (C=O) groups is 1. The molecule has 0 saturated carbocycles. The Morgan fingerprint density at radius 1 is 1.57 bits per heavy atom. The molecule has 0 atom stereocenters. The van der Waals surface area contributed by atoms with Gasteiger partial charge in [-0.25, -0.2) is 0 Å². The van der Waals surface area contributed by atoms with Crippen LogP contribution in [0.25, 0.3) is 0 Å². The Morgan fingerprint density at radius 3 is 2.64 bits per heavy atom. The molecule has 0 saturated heterocycles. The third-order valence-electron chi connectivity index (χ3n) is 1.62. The number of hydrogen-bond acceptors (Lipinski definition) is 4. The summed E-state index contributed by atoms with van der Waals surface area (Å²) in [6.45, 7) is 0. The first kappa shape index (κ1) is 10.5. The number of nitro benzene ring substituents is 1. The largest absolute Gasteiger partial charge is 0.496 e. The fourth-order valence-electron chi connectivity index (χ4n) is 1.02. The lowest BCUT2D eigenvalue weighted by molar-refractivity contribution is -0.385. The fourth-order valence-corrected chi connectivity index (χ4v) is 1.22. The van der Waals surface area contributed by atoms with Crippen molar-refractivity contribution in [3.05, 3.63) is 32.8 Å². The Bertz CT molecular complexity index is 391. The predicted molar refractivity (Wildman–Crippen MR) is 50.0 cm³/mol. The molecule has 0 aliphatic rings. The molecule has 0 radical (unpaired) electrons. The monoisotopic (exact) mass is 215 g/mol.